The van der Waals surface area contributed by atoms with Crippen molar-refractivity contribution in [2.75, 3.05) is 0 Å². The highest BCUT2D eigenvalue weighted by atomic mass is 35.5. The first-order valence-corrected chi connectivity index (χ1v) is 6.95. The van der Waals surface area contributed by atoms with E-state index in [1.165, 1.54) is 0 Å². The molecule has 0 saturated heterocycles. The molecular weight excluding hydrogens is 278 g/mol. The van der Waals surface area contributed by atoms with Crippen molar-refractivity contribution in [2.24, 2.45) is 5.73 Å². The molecule has 5 nitrogen and oxygen atoms in total. The van der Waals surface area contributed by atoms with E-state index >= 15 is 0 Å². The molecule has 1 heterocycles. The van der Waals surface area contributed by atoms with Gasteiger partial charge in [0.25, 0.3) is 5.89 Å². The first kappa shape index (κ1) is 12.2. The number of benzene rings is 1. The minimum absolute atomic E-state index is 0.0423. The van der Waals surface area contributed by atoms with Crippen LogP contribution in [0.4, 0.5) is 0 Å². The van der Waals surface area contributed by atoms with Crippen LogP contribution in [0.25, 0.3) is 0 Å². The van der Waals surface area contributed by atoms with E-state index in [1.807, 2.05) is 0 Å². The number of nitrogens with zero attached hydrogens (tertiary/aromatic N) is 2. The molecule has 0 aliphatic heterocycles. The average Bonchev–Trinajstić information content (AvgIpc) is 2.82. The van der Waals surface area contributed by atoms with Crippen molar-refractivity contribution < 1.29 is 9.26 Å². The molecule has 0 spiro atoms. The topological polar surface area (TPSA) is 74.2 Å². The van der Waals surface area contributed by atoms with Crippen molar-refractivity contribution in [2.45, 2.75) is 36.8 Å². The first-order chi connectivity index (χ1) is 9.57. The fourth-order valence-corrected chi connectivity index (χ4v) is 3.43. The molecule has 3 saturated carbocycles. The number of halogens is 1. The summed E-state index contributed by atoms with van der Waals surface area (Å²) in [5.74, 6) is 1.99. The summed E-state index contributed by atoms with van der Waals surface area (Å²) in [6, 6.07) is 7.16. The SMILES string of the molecule is NC12CC(c3noc(COc4ccc(Cl)cc4)n3)(C1)C2. The van der Waals surface area contributed by atoms with Gasteiger partial charge in [0.05, 0.1) is 0 Å². The van der Waals surface area contributed by atoms with Crippen LogP contribution in [-0.2, 0) is 12.0 Å². The van der Waals surface area contributed by atoms with Gasteiger partial charge in [-0.05, 0) is 43.5 Å². The quantitative estimate of drug-likeness (QED) is 0.936. The zero-order chi connectivity index (χ0) is 13.8. The molecular formula is C14H14ClN3O2. The third-order valence-electron chi connectivity index (χ3n) is 4.19. The molecule has 20 heavy (non-hydrogen) atoms. The van der Waals surface area contributed by atoms with Crippen molar-refractivity contribution in [1.29, 1.82) is 0 Å². The van der Waals surface area contributed by atoms with Crippen LogP contribution in [0.1, 0.15) is 31.0 Å². The minimum atomic E-state index is 0.0423. The van der Waals surface area contributed by atoms with Gasteiger partial charge in [-0.25, -0.2) is 0 Å². The van der Waals surface area contributed by atoms with E-state index in [0.717, 1.165) is 30.8 Å². The fraction of sp³-hybridized carbons (Fsp3) is 0.429. The molecule has 3 fully saturated rings. The predicted molar refractivity (Wildman–Crippen MR) is 72.5 cm³/mol. The van der Waals surface area contributed by atoms with E-state index in [4.69, 9.17) is 26.6 Å². The van der Waals surface area contributed by atoms with E-state index in [1.54, 1.807) is 24.3 Å². The van der Waals surface area contributed by atoms with Gasteiger partial charge in [-0.3, -0.25) is 0 Å². The van der Waals surface area contributed by atoms with Crippen LogP contribution < -0.4 is 10.5 Å². The molecule has 1 aromatic heterocycles. The molecule has 0 unspecified atom stereocenters. The standard InChI is InChI=1S/C14H14ClN3O2/c15-9-1-3-10(4-2-9)19-5-11-17-12(18-20-11)13-6-14(16,7-13)8-13/h1-4H,5-8,16H2. The van der Waals surface area contributed by atoms with Crippen LogP contribution >= 0.6 is 11.6 Å². The van der Waals surface area contributed by atoms with E-state index < -0.39 is 0 Å². The van der Waals surface area contributed by atoms with Gasteiger partial charge in [0.1, 0.15) is 5.75 Å². The monoisotopic (exact) mass is 291 g/mol. The van der Waals surface area contributed by atoms with Crippen LogP contribution in [0.15, 0.2) is 28.8 Å². The fourth-order valence-electron chi connectivity index (χ4n) is 3.31. The number of nitrogens with two attached hydrogens (primary N) is 1. The lowest BCUT2D eigenvalue weighted by Gasteiger charge is -2.67. The van der Waals surface area contributed by atoms with Gasteiger partial charge in [-0.2, -0.15) is 4.98 Å². The van der Waals surface area contributed by atoms with Crippen molar-refractivity contribution in [3.63, 3.8) is 0 Å². The Balaban J connectivity index is 1.40. The molecule has 2 N–H and O–H groups in total. The highest BCUT2D eigenvalue weighted by Gasteiger charge is 2.68. The Morgan fingerprint density at radius 3 is 2.60 bits per heavy atom. The molecule has 104 valence electrons. The summed E-state index contributed by atoms with van der Waals surface area (Å²) in [7, 11) is 0. The van der Waals surface area contributed by atoms with Crippen LogP contribution in [-0.4, -0.2) is 15.7 Å². The molecule has 6 heteroatoms. The Kier molecular flexibility index (Phi) is 2.41. The third kappa shape index (κ3) is 1.81. The van der Waals surface area contributed by atoms with Gasteiger partial charge in [0.2, 0.25) is 0 Å². The van der Waals surface area contributed by atoms with Crippen LogP contribution in [0, 0.1) is 0 Å². The molecule has 0 radical (unpaired) electrons. The molecule has 0 atom stereocenters. The minimum Gasteiger partial charge on any atom is -0.484 e. The zero-order valence-corrected chi connectivity index (χ0v) is 11.6. The van der Waals surface area contributed by atoms with Gasteiger partial charge in [0, 0.05) is 16.0 Å². The average molecular weight is 292 g/mol. The van der Waals surface area contributed by atoms with E-state index in [0.29, 0.717) is 10.9 Å². The predicted octanol–water partition coefficient (Wildman–Crippen LogP) is 2.43. The van der Waals surface area contributed by atoms with E-state index in [-0.39, 0.29) is 17.6 Å². The largest absolute Gasteiger partial charge is 0.484 e. The van der Waals surface area contributed by atoms with Crippen LogP contribution in [0.5, 0.6) is 5.75 Å². The number of aromatic nitrogens is 2. The number of ether oxygens (including phenoxy) is 1. The smallest absolute Gasteiger partial charge is 0.264 e. The number of hydrogen-bond acceptors (Lipinski definition) is 5. The Hall–Kier alpha value is -1.59. The number of rotatable bonds is 4. The summed E-state index contributed by atoms with van der Waals surface area (Å²) >= 11 is 5.81. The van der Waals surface area contributed by atoms with Crippen molar-refractivity contribution in [3.8, 4) is 5.75 Å². The van der Waals surface area contributed by atoms with E-state index in [9.17, 15) is 0 Å². The molecule has 3 aliphatic rings. The second kappa shape index (κ2) is 3.96. The van der Waals surface area contributed by atoms with Crippen LogP contribution in [0.2, 0.25) is 5.02 Å². The first-order valence-electron chi connectivity index (χ1n) is 6.57. The van der Waals surface area contributed by atoms with Crippen molar-refractivity contribution in [3.05, 3.63) is 41.0 Å². The summed E-state index contributed by atoms with van der Waals surface area (Å²) < 4.78 is 10.8. The maximum absolute atomic E-state index is 6.04. The van der Waals surface area contributed by atoms with Gasteiger partial charge in [-0.1, -0.05) is 16.8 Å². The summed E-state index contributed by atoms with van der Waals surface area (Å²) in [6.45, 7) is 0.262. The maximum atomic E-state index is 6.04. The van der Waals surface area contributed by atoms with Gasteiger partial charge in [0.15, 0.2) is 12.4 Å². The Bertz CT molecular complexity index is 633. The second-order valence-electron chi connectivity index (χ2n) is 5.93. The highest BCUT2D eigenvalue weighted by molar-refractivity contribution is 6.30. The molecule has 5 rings (SSSR count). The molecule has 2 bridgehead atoms. The summed E-state index contributed by atoms with van der Waals surface area (Å²) in [5, 5.41) is 4.74. The van der Waals surface area contributed by atoms with Gasteiger partial charge < -0.3 is 15.0 Å². The lowest BCUT2D eigenvalue weighted by atomic mass is 9.39. The lowest BCUT2D eigenvalue weighted by molar-refractivity contribution is -0.0664. The normalized spacial score (nSPS) is 30.5. The highest BCUT2D eigenvalue weighted by Crippen LogP contribution is 2.65. The Morgan fingerprint density at radius 2 is 1.95 bits per heavy atom. The third-order valence-corrected chi connectivity index (χ3v) is 4.44. The molecule has 3 aliphatic carbocycles. The second-order valence-corrected chi connectivity index (χ2v) is 6.36. The summed E-state index contributed by atoms with van der Waals surface area (Å²) in [6.07, 6.45) is 2.91. The Morgan fingerprint density at radius 1 is 1.25 bits per heavy atom. The Labute approximate surface area is 121 Å². The summed E-state index contributed by atoms with van der Waals surface area (Å²) in [5.41, 5.74) is 6.16. The molecule has 2 aromatic rings. The summed E-state index contributed by atoms with van der Waals surface area (Å²) in [4.78, 5) is 4.42. The number of hydrogen-bond donors (Lipinski definition) is 1. The van der Waals surface area contributed by atoms with Crippen molar-refractivity contribution >= 4 is 11.6 Å². The zero-order valence-electron chi connectivity index (χ0n) is 10.8. The lowest BCUT2D eigenvalue weighted by Crippen LogP contribution is -2.74. The van der Waals surface area contributed by atoms with Crippen LogP contribution in [0.3, 0.4) is 0 Å². The van der Waals surface area contributed by atoms with Gasteiger partial charge in [-0.15, -0.1) is 0 Å². The van der Waals surface area contributed by atoms with E-state index in [2.05, 4.69) is 10.1 Å². The molecule has 0 amide bonds. The van der Waals surface area contributed by atoms with Gasteiger partial charge >= 0.3 is 0 Å². The maximum Gasteiger partial charge on any atom is 0.264 e. The molecule has 1 aromatic carbocycles. The van der Waals surface area contributed by atoms with Crippen molar-refractivity contribution in [1.82, 2.24) is 10.1 Å².